The fraction of sp³-hybridized carbons (Fsp3) is 0.320. The van der Waals surface area contributed by atoms with Crippen molar-refractivity contribution in [2.24, 2.45) is 5.73 Å². The molecule has 0 radical (unpaired) electrons. The fourth-order valence-corrected chi connectivity index (χ4v) is 4.26. The van der Waals surface area contributed by atoms with Crippen LogP contribution in [-0.2, 0) is 6.42 Å². The Morgan fingerprint density at radius 3 is 2.62 bits per heavy atom. The van der Waals surface area contributed by atoms with Gasteiger partial charge in [0.1, 0.15) is 5.75 Å². The molecule has 0 aliphatic heterocycles. The highest BCUT2D eigenvalue weighted by atomic mass is 16.5. The van der Waals surface area contributed by atoms with Gasteiger partial charge >= 0.3 is 0 Å². The molecule has 0 unspecified atom stereocenters. The summed E-state index contributed by atoms with van der Waals surface area (Å²) in [6, 6.07) is 14.8. The average molecular weight is 388 g/mol. The minimum atomic E-state index is 0.443. The van der Waals surface area contributed by atoms with Gasteiger partial charge in [0.05, 0.1) is 18.3 Å². The largest absolute Gasteiger partial charge is 0.496 e. The maximum absolute atomic E-state index is 5.79. The van der Waals surface area contributed by atoms with E-state index >= 15 is 0 Å². The predicted octanol–water partition coefficient (Wildman–Crippen LogP) is 5.80. The van der Waals surface area contributed by atoms with Gasteiger partial charge in [-0.25, -0.2) is 0 Å². The van der Waals surface area contributed by atoms with Gasteiger partial charge in [-0.05, 0) is 61.1 Å². The summed E-state index contributed by atoms with van der Waals surface area (Å²) in [6.45, 7) is 5.20. The summed E-state index contributed by atoms with van der Waals surface area (Å²) in [5.74, 6) is 1.31. The molecule has 0 spiro atoms. The molecule has 0 amide bonds. The first-order valence-electron chi connectivity index (χ1n) is 10.4. The van der Waals surface area contributed by atoms with Crippen LogP contribution in [0.15, 0.2) is 48.7 Å². The first kappa shape index (κ1) is 19.5. The minimum Gasteiger partial charge on any atom is -0.496 e. The molecule has 0 aliphatic carbocycles. The van der Waals surface area contributed by atoms with Gasteiger partial charge in [0.25, 0.3) is 0 Å². The first-order chi connectivity index (χ1) is 14.2. The Balaban J connectivity index is 2.04. The number of rotatable bonds is 7. The van der Waals surface area contributed by atoms with E-state index < -0.39 is 0 Å². The number of nitrogens with zero attached hydrogens (tertiary/aromatic N) is 1. The van der Waals surface area contributed by atoms with Gasteiger partial charge in [-0.15, -0.1) is 0 Å². The Hall–Kier alpha value is -2.85. The summed E-state index contributed by atoms with van der Waals surface area (Å²) in [6.07, 6.45) is 4.90. The van der Waals surface area contributed by atoms with E-state index in [-0.39, 0.29) is 0 Å². The van der Waals surface area contributed by atoms with E-state index in [1.807, 2.05) is 24.4 Å². The van der Waals surface area contributed by atoms with Crippen LogP contribution in [0.2, 0.25) is 0 Å². The molecule has 2 aromatic heterocycles. The summed E-state index contributed by atoms with van der Waals surface area (Å²) in [5.41, 5.74) is 12.9. The van der Waals surface area contributed by atoms with Crippen LogP contribution in [0.1, 0.15) is 43.7 Å². The molecular weight excluding hydrogens is 358 g/mol. The zero-order chi connectivity index (χ0) is 20.4. The molecule has 4 heteroatoms. The van der Waals surface area contributed by atoms with Gasteiger partial charge in [-0.2, -0.15) is 0 Å². The second-order valence-corrected chi connectivity index (χ2v) is 7.86. The highest BCUT2D eigenvalue weighted by Crippen LogP contribution is 2.42. The van der Waals surface area contributed by atoms with Crippen molar-refractivity contribution < 1.29 is 4.74 Å². The first-order valence-corrected chi connectivity index (χ1v) is 10.4. The number of benzene rings is 2. The second kappa shape index (κ2) is 8.26. The maximum atomic E-state index is 5.79. The molecule has 29 heavy (non-hydrogen) atoms. The minimum absolute atomic E-state index is 0.443. The number of aromatic amines is 1. The van der Waals surface area contributed by atoms with Crippen LogP contribution in [0.4, 0.5) is 0 Å². The number of pyridine rings is 1. The predicted molar refractivity (Wildman–Crippen MR) is 122 cm³/mol. The monoisotopic (exact) mass is 387 g/mol. The summed E-state index contributed by atoms with van der Waals surface area (Å²) in [5, 5.41) is 2.40. The molecule has 0 saturated carbocycles. The lowest BCUT2D eigenvalue weighted by molar-refractivity contribution is 0.417. The van der Waals surface area contributed by atoms with Crippen molar-refractivity contribution in [1.82, 2.24) is 9.97 Å². The zero-order valence-corrected chi connectivity index (χ0v) is 17.5. The van der Waals surface area contributed by atoms with Gasteiger partial charge in [0.15, 0.2) is 0 Å². The third-order valence-electron chi connectivity index (χ3n) is 5.69. The topological polar surface area (TPSA) is 63.9 Å². The number of unbranched alkanes of at least 4 members (excludes halogenated alkanes) is 1. The number of ether oxygens (including phenoxy) is 1. The molecular formula is C25H29N3O. The number of hydrogen-bond acceptors (Lipinski definition) is 3. The third-order valence-corrected chi connectivity index (χ3v) is 5.69. The number of fused-ring (bicyclic) bond motifs is 2. The van der Waals surface area contributed by atoms with E-state index in [9.17, 15) is 0 Å². The van der Waals surface area contributed by atoms with Crippen LogP contribution in [0.25, 0.3) is 33.1 Å². The highest BCUT2D eigenvalue weighted by Gasteiger charge is 2.20. The normalized spacial score (nSPS) is 11.6. The lowest BCUT2D eigenvalue weighted by Crippen LogP contribution is -2.00. The van der Waals surface area contributed by atoms with E-state index in [1.165, 1.54) is 22.0 Å². The van der Waals surface area contributed by atoms with Gasteiger partial charge in [0.2, 0.25) is 0 Å². The van der Waals surface area contributed by atoms with E-state index in [0.29, 0.717) is 5.92 Å². The van der Waals surface area contributed by atoms with E-state index in [2.05, 4.69) is 48.1 Å². The number of H-pyrrole nitrogens is 1. The van der Waals surface area contributed by atoms with Crippen LogP contribution >= 0.6 is 0 Å². The van der Waals surface area contributed by atoms with Crippen molar-refractivity contribution in [3.63, 3.8) is 0 Å². The second-order valence-electron chi connectivity index (χ2n) is 7.86. The van der Waals surface area contributed by atoms with Gasteiger partial charge in [-0.1, -0.05) is 38.1 Å². The molecule has 4 rings (SSSR count). The molecule has 0 saturated heterocycles. The standard InChI is InChI=1S/C25H29N3O/c1-16(2)17-9-6-10-18-19(8-4-5-14-26)25(28-24(17)18)23-20-11-7-15-27-21(20)12-13-22(23)29-3/h6-7,9-13,15-16,28H,4-5,8,14,26H2,1-3H3. The molecule has 0 aliphatic rings. The number of nitrogens with two attached hydrogens (primary N) is 1. The maximum Gasteiger partial charge on any atom is 0.128 e. The van der Waals surface area contributed by atoms with Crippen LogP contribution in [0.3, 0.4) is 0 Å². The Morgan fingerprint density at radius 1 is 1.03 bits per heavy atom. The summed E-state index contributed by atoms with van der Waals surface area (Å²) < 4.78 is 5.79. The molecule has 0 atom stereocenters. The lowest BCUT2D eigenvalue weighted by Gasteiger charge is -2.13. The number of para-hydroxylation sites is 1. The van der Waals surface area contributed by atoms with Crippen LogP contribution in [0.5, 0.6) is 5.75 Å². The summed E-state index contributed by atoms with van der Waals surface area (Å²) >= 11 is 0. The smallest absolute Gasteiger partial charge is 0.128 e. The lowest BCUT2D eigenvalue weighted by atomic mass is 9.95. The van der Waals surface area contributed by atoms with E-state index in [4.69, 9.17) is 10.5 Å². The number of hydrogen-bond donors (Lipinski definition) is 2. The molecule has 0 bridgehead atoms. The highest BCUT2D eigenvalue weighted by molar-refractivity contribution is 6.02. The van der Waals surface area contributed by atoms with Crippen LogP contribution in [0, 0.1) is 0 Å². The number of nitrogens with one attached hydrogen (secondary N) is 1. The molecule has 4 aromatic rings. The molecule has 0 fully saturated rings. The van der Waals surface area contributed by atoms with Crippen molar-refractivity contribution in [3.05, 3.63) is 59.8 Å². The van der Waals surface area contributed by atoms with Crippen LogP contribution < -0.4 is 10.5 Å². The Labute approximate surface area is 172 Å². The zero-order valence-electron chi connectivity index (χ0n) is 17.5. The molecule has 2 aromatic carbocycles. The number of methoxy groups -OCH3 is 1. The van der Waals surface area contributed by atoms with Crippen molar-refractivity contribution in [2.45, 2.75) is 39.0 Å². The quantitative estimate of drug-likeness (QED) is 0.394. The third kappa shape index (κ3) is 3.49. The van der Waals surface area contributed by atoms with Gasteiger partial charge in [-0.3, -0.25) is 4.98 Å². The summed E-state index contributed by atoms with van der Waals surface area (Å²) in [4.78, 5) is 8.35. The molecule has 150 valence electrons. The Morgan fingerprint density at radius 2 is 1.86 bits per heavy atom. The van der Waals surface area contributed by atoms with E-state index in [0.717, 1.165) is 53.7 Å². The Bertz CT molecular complexity index is 1140. The summed E-state index contributed by atoms with van der Waals surface area (Å²) in [7, 11) is 1.73. The SMILES string of the molecule is COc1ccc2ncccc2c1-c1[nH]c2c(C(C)C)cccc2c1CCCCN. The van der Waals surface area contributed by atoms with Crippen molar-refractivity contribution >= 4 is 21.8 Å². The van der Waals surface area contributed by atoms with Crippen LogP contribution in [-0.4, -0.2) is 23.6 Å². The number of aryl methyl sites for hydroxylation is 1. The van der Waals surface area contributed by atoms with Crippen molar-refractivity contribution in [2.75, 3.05) is 13.7 Å². The van der Waals surface area contributed by atoms with Gasteiger partial charge in [0, 0.05) is 28.0 Å². The Kier molecular flexibility index (Phi) is 5.54. The molecule has 3 N–H and O–H groups in total. The molecule has 4 nitrogen and oxygen atoms in total. The molecule has 2 heterocycles. The van der Waals surface area contributed by atoms with Crippen molar-refractivity contribution in [3.8, 4) is 17.0 Å². The fourth-order valence-electron chi connectivity index (χ4n) is 4.26. The van der Waals surface area contributed by atoms with Crippen molar-refractivity contribution in [1.29, 1.82) is 0 Å². The van der Waals surface area contributed by atoms with E-state index in [1.54, 1.807) is 7.11 Å². The average Bonchev–Trinajstić information content (AvgIpc) is 3.11. The van der Waals surface area contributed by atoms with Gasteiger partial charge < -0.3 is 15.5 Å². The number of aromatic nitrogens is 2.